The van der Waals surface area contributed by atoms with Gasteiger partial charge in [0, 0.05) is 191 Å². The summed E-state index contributed by atoms with van der Waals surface area (Å²) < 4.78 is 21.2. The van der Waals surface area contributed by atoms with Crippen LogP contribution in [0.15, 0.2) is 275 Å². The van der Waals surface area contributed by atoms with Crippen molar-refractivity contribution < 1.29 is 0 Å². The van der Waals surface area contributed by atoms with E-state index in [-0.39, 0.29) is 0 Å². The molecule has 27 heteroatoms. The number of allylic oxidation sites excluding steroid dienone is 1. The fraction of sp³-hybridized carbons (Fsp3) is 0.189. The van der Waals surface area contributed by atoms with E-state index in [2.05, 4.69) is 202 Å². The first-order valence-corrected chi connectivity index (χ1v) is 47.7. The molecule has 0 atom stereocenters. The molecule has 4 aromatic carbocycles. The van der Waals surface area contributed by atoms with Gasteiger partial charge in [0.15, 0.2) is 27.7 Å². The number of pyridine rings is 6. The number of aromatic nitrogens is 13. The van der Waals surface area contributed by atoms with Crippen molar-refractivity contribution in [2.24, 2.45) is 42.3 Å². The zero-order chi connectivity index (χ0) is 86.3. The quantitative estimate of drug-likeness (QED) is 0.0677. The Morgan fingerprint density at radius 1 is 0.344 bits per heavy atom. The minimum absolute atomic E-state index is 0.496. The van der Waals surface area contributed by atoms with Crippen LogP contribution in [0.2, 0.25) is 0 Å². The lowest BCUT2D eigenvalue weighted by Crippen LogP contribution is -2.08. The molecule has 0 fully saturated rings. The molecule has 122 heavy (non-hydrogen) atoms. The zero-order valence-electron chi connectivity index (χ0n) is 69.2. The second kappa shape index (κ2) is 44.7. The maximum absolute atomic E-state index is 5.63. The fourth-order valence-electron chi connectivity index (χ4n) is 14.0. The van der Waals surface area contributed by atoms with E-state index in [4.69, 9.17) is 85.5 Å². The lowest BCUT2D eigenvalue weighted by atomic mass is 9.93. The van der Waals surface area contributed by atoms with E-state index in [1.54, 1.807) is 97.9 Å². The molecule has 0 aliphatic heterocycles. The van der Waals surface area contributed by atoms with Gasteiger partial charge in [-0.3, -0.25) is 29.9 Å². The standard InChI is InChI=1S/C18H15NS2.C17H16N2S2.C15H12N2S2.C13H14N2S2.C12H14N2S2.2C10H10N2S2/c20-18-19(12-13-6-2-1-3-7-13)17-15-9-5-4-8-14(15)10-11-16(17)21-18;1-19-16(14-9-11-18-12-10-14)15(21-17(19)20)8-7-13-5-3-2-4-6-13;1-17-13(11-7-9-16-10-8-11)14(19-15(17)18)12-5-3-2-4-6-12;1-3-4-5-11-12(15(2)13(16)17-11)10-6-8-14-9-7-10;1-8(2)11-10(14(3)12(15)16-11)9-4-6-13-7-5-9;1-7-9(12(2)10(13)14-7)8-3-5-11-6-4-8;1-7-9(12(2)10(13)14-7)8-4-3-5-11-6-8/h1-9H,10-12H2;2-6,9-12H,7-8H2,1H3;2-10H,1H3;3,6-9H,1,4-5H2,2H3;4-8H,1-3H3;2*3-6H,1-2H3. The summed E-state index contributed by atoms with van der Waals surface area (Å²) in [7, 11) is 12.1. The Labute approximate surface area is 777 Å². The number of thiazole rings is 7. The van der Waals surface area contributed by atoms with Crippen LogP contribution < -0.4 is 0 Å². The molecule has 17 aromatic rings. The molecule has 0 bridgehead atoms. The van der Waals surface area contributed by atoms with Crippen LogP contribution in [-0.4, -0.2) is 61.9 Å². The van der Waals surface area contributed by atoms with Gasteiger partial charge in [-0.15, -0.1) is 85.9 Å². The maximum atomic E-state index is 5.63. The van der Waals surface area contributed by atoms with Gasteiger partial charge in [-0.25, -0.2) is 0 Å². The molecule has 13 heterocycles. The van der Waals surface area contributed by atoms with Gasteiger partial charge in [0.25, 0.3) is 0 Å². The topological polar surface area (TPSA) is 112 Å². The van der Waals surface area contributed by atoms with Crippen molar-refractivity contribution in [3.8, 4) is 89.2 Å². The fourth-order valence-corrected chi connectivity index (χ4v) is 23.6. The summed E-state index contributed by atoms with van der Waals surface area (Å²) in [4.78, 5) is 33.5. The summed E-state index contributed by atoms with van der Waals surface area (Å²) in [6, 6.07) is 64.5. The van der Waals surface area contributed by atoms with Crippen molar-refractivity contribution in [2.45, 2.75) is 78.7 Å². The van der Waals surface area contributed by atoms with Crippen LogP contribution in [0.5, 0.6) is 0 Å². The Hall–Kier alpha value is -9.53. The van der Waals surface area contributed by atoms with Crippen molar-refractivity contribution in [1.82, 2.24) is 61.9 Å². The second-order valence-electron chi connectivity index (χ2n) is 28.4. The highest BCUT2D eigenvalue weighted by molar-refractivity contribution is 7.75. The summed E-state index contributed by atoms with van der Waals surface area (Å²) in [5.74, 6) is 0.496. The van der Waals surface area contributed by atoms with E-state index in [0.717, 1.165) is 89.6 Å². The number of benzene rings is 4. The number of hydrogen-bond donors (Lipinski definition) is 0. The number of nitrogens with zero attached hydrogens (tertiary/aromatic N) is 13. The summed E-state index contributed by atoms with van der Waals surface area (Å²) in [6.07, 6.45) is 30.0. The van der Waals surface area contributed by atoms with Crippen LogP contribution >= 0.6 is 165 Å². The number of fused-ring (bicyclic) bond motifs is 3. The van der Waals surface area contributed by atoms with E-state index in [0.29, 0.717) is 5.92 Å². The van der Waals surface area contributed by atoms with E-state index in [1.165, 1.54) is 118 Å². The van der Waals surface area contributed by atoms with Crippen LogP contribution in [-0.2, 0) is 80.9 Å². The average Bonchev–Trinajstić information content (AvgIpc) is 1.62. The first kappa shape index (κ1) is 91.7. The first-order chi connectivity index (χ1) is 59.1. The lowest BCUT2D eigenvalue weighted by Gasteiger charge is -2.18. The summed E-state index contributed by atoms with van der Waals surface area (Å²) >= 11 is 49.5. The van der Waals surface area contributed by atoms with Gasteiger partial charge in [-0.05, 0) is 239 Å². The Bertz CT molecular complexity index is 6630. The predicted octanol–water partition coefficient (Wildman–Crippen LogP) is 28.7. The molecule has 0 spiro atoms. The van der Waals surface area contributed by atoms with Crippen LogP contribution in [0.4, 0.5) is 0 Å². The van der Waals surface area contributed by atoms with Crippen molar-refractivity contribution in [1.29, 1.82) is 0 Å². The highest BCUT2D eigenvalue weighted by Gasteiger charge is 2.23. The van der Waals surface area contributed by atoms with Gasteiger partial charge in [0.05, 0.1) is 44.7 Å². The summed E-state index contributed by atoms with van der Waals surface area (Å²) in [6.45, 7) is 13.2. The van der Waals surface area contributed by atoms with Crippen LogP contribution in [0, 0.1) is 41.5 Å². The van der Waals surface area contributed by atoms with E-state index in [1.807, 2.05) is 186 Å². The molecular weight excluding hydrogens is 1770 g/mol. The number of aryl methyl sites for hydroxylation is 7. The molecule has 0 radical (unpaired) electrons. The van der Waals surface area contributed by atoms with Gasteiger partial charge in [0.1, 0.15) is 0 Å². The van der Waals surface area contributed by atoms with Crippen molar-refractivity contribution >= 4 is 165 Å². The van der Waals surface area contributed by atoms with Gasteiger partial charge in [-0.2, -0.15) is 0 Å². The van der Waals surface area contributed by atoms with Crippen molar-refractivity contribution in [3.63, 3.8) is 0 Å². The Morgan fingerprint density at radius 2 is 0.738 bits per heavy atom. The molecule has 1 aliphatic rings. The Morgan fingerprint density at radius 3 is 1.21 bits per heavy atom. The second-order valence-corrected chi connectivity index (χ2v) is 40.6. The Kier molecular flexibility index (Phi) is 33.6. The number of hydrogen-bond acceptors (Lipinski definition) is 20. The smallest absolute Gasteiger partial charge is 0.162 e. The Balaban J connectivity index is 0.000000131. The molecule has 18 rings (SSSR count). The minimum atomic E-state index is 0.496. The molecule has 13 aromatic heterocycles. The molecule has 0 unspecified atom stereocenters. The maximum Gasteiger partial charge on any atom is 0.162 e. The van der Waals surface area contributed by atoms with E-state index < -0.39 is 0 Å². The van der Waals surface area contributed by atoms with Crippen LogP contribution in [0.25, 0.3) is 89.2 Å². The molecule has 13 nitrogen and oxygen atoms in total. The van der Waals surface area contributed by atoms with Gasteiger partial charge in [-0.1, -0.05) is 135 Å². The highest BCUT2D eigenvalue weighted by Crippen LogP contribution is 2.41. The van der Waals surface area contributed by atoms with Gasteiger partial charge in [0.2, 0.25) is 0 Å². The summed E-state index contributed by atoms with van der Waals surface area (Å²) in [5.41, 5.74) is 22.2. The molecule has 0 amide bonds. The van der Waals surface area contributed by atoms with Crippen molar-refractivity contribution in [2.75, 3.05) is 0 Å². The highest BCUT2D eigenvalue weighted by atomic mass is 32.2. The average molecular weight is 1860 g/mol. The molecule has 0 saturated carbocycles. The van der Waals surface area contributed by atoms with Crippen molar-refractivity contribution in [3.05, 3.63) is 349 Å². The molecular formula is C95H91N13S14. The molecule has 1 aliphatic carbocycles. The molecule has 0 saturated heterocycles. The summed E-state index contributed by atoms with van der Waals surface area (Å²) in [5, 5.41) is 0. The third kappa shape index (κ3) is 23.1. The normalized spacial score (nSPS) is 11.0. The minimum Gasteiger partial charge on any atom is -0.326 e. The zero-order valence-corrected chi connectivity index (χ0v) is 80.6. The third-order valence-corrected chi connectivity index (χ3v) is 31.1. The largest absolute Gasteiger partial charge is 0.326 e. The lowest BCUT2D eigenvalue weighted by molar-refractivity contribution is 0.792. The molecule has 620 valence electrons. The van der Waals surface area contributed by atoms with E-state index >= 15 is 0 Å². The van der Waals surface area contributed by atoms with E-state index in [9.17, 15) is 0 Å². The third-order valence-electron chi connectivity index (χ3n) is 20.0. The van der Waals surface area contributed by atoms with Crippen LogP contribution in [0.1, 0.15) is 72.1 Å². The van der Waals surface area contributed by atoms with Gasteiger partial charge >= 0.3 is 0 Å². The monoisotopic (exact) mass is 1860 g/mol. The number of rotatable bonds is 16. The molecule has 0 N–H and O–H groups in total. The first-order valence-electron chi connectivity index (χ1n) is 39.2. The van der Waals surface area contributed by atoms with Gasteiger partial charge < -0.3 is 32.0 Å². The predicted molar refractivity (Wildman–Crippen MR) is 537 cm³/mol. The van der Waals surface area contributed by atoms with Crippen LogP contribution in [0.3, 0.4) is 0 Å². The SMILES string of the molecule is C=CCCc1sc(=S)n(C)c1-c1ccncc1.CC(C)c1sc(=S)n(C)c1-c1ccncc1.Cc1sc(=S)n(C)c1-c1cccnc1.Cc1sc(=S)n(C)c1-c1ccncc1.Cn1c(-c2ccncc2)c(-c2ccccc2)sc1=S.Cn1c(-c2ccncc2)c(CCc2ccccc2)sc1=S.S=c1sc2c(n1Cc1ccccc1)-c1ccccc1CC2.